The van der Waals surface area contributed by atoms with Crippen molar-refractivity contribution in [2.24, 2.45) is 16.3 Å². The van der Waals surface area contributed by atoms with E-state index in [1.165, 1.54) is 4.88 Å². The fourth-order valence-corrected chi connectivity index (χ4v) is 6.93. The van der Waals surface area contributed by atoms with Crippen LogP contribution in [0.1, 0.15) is 64.7 Å². The van der Waals surface area contributed by atoms with Crippen LogP contribution in [0, 0.1) is 22.7 Å². The van der Waals surface area contributed by atoms with Gasteiger partial charge in [0.1, 0.15) is 17.4 Å². The smallest absolute Gasteiger partial charge is 0.259 e. The molecule has 0 fully saturated rings. The summed E-state index contributed by atoms with van der Waals surface area (Å²) >= 11 is 11.2. The lowest BCUT2D eigenvalue weighted by molar-refractivity contribution is 0.102. The number of rotatable bonds is 7. The van der Waals surface area contributed by atoms with Gasteiger partial charge in [-0.25, -0.2) is 4.99 Å². The largest absolute Gasteiger partial charge is 0.488 e. The van der Waals surface area contributed by atoms with E-state index in [1.54, 1.807) is 47.9 Å². The second kappa shape index (κ2) is 12.8. The Labute approximate surface area is 264 Å². The number of halogens is 2. The third kappa shape index (κ3) is 6.95. The summed E-state index contributed by atoms with van der Waals surface area (Å²) in [7, 11) is 0. The van der Waals surface area contributed by atoms with E-state index in [4.69, 9.17) is 21.3 Å². The molecule has 0 saturated heterocycles. The first-order chi connectivity index (χ1) is 20.1. The van der Waals surface area contributed by atoms with Crippen LogP contribution in [-0.2, 0) is 19.4 Å². The van der Waals surface area contributed by atoms with E-state index in [0.717, 1.165) is 40.4 Å². The summed E-state index contributed by atoms with van der Waals surface area (Å²) in [6.45, 7) is 7.11. The van der Waals surface area contributed by atoms with Crippen LogP contribution in [0.4, 0.5) is 10.7 Å². The molecule has 42 heavy (non-hydrogen) atoms. The number of aliphatic imine (C=N–C) groups is 1. The number of hydrogen-bond acceptors (Lipinski definition) is 5. The predicted octanol–water partition coefficient (Wildman–Crippen LogP) is 9.77. The molecule has 1 N–H and O–H groups in total. The van der Waals surface area contributed by atoms with Crippen molar-refractivity contribution in [1.82, 2.24) is 0 Å². The molecule has 4 aromatic rings. The van der Waals surface area contributed by atoms with Crippen LogP contribution < -0.4 is 10.1 Å². The van der Waals surface area contributed by atoms with Crippen molar-refractivity contribution in [2.75, 3.05) is 5.32 Å². The molecule has 5 nitrogen and oxygen atoms in total. The van der Waals surface area contributed by atoms with Crippen molar-refractivity contribution in [3.63, 3.8) is 0 Å². The Morgan fingerprint density at radius 1 is 1.19 bits per heavy atom. The van der Waals surface area contributed by atoms with Crippen molar-refractivity contribution < 1.29 is 9.53 Å². The van der Waals surface area contributed by atoms with E-state index in [2.05, 4.69) is 48.1 Å². The Bertz CT molecular complexity index is 1680. The van der Waals surface area contributed by atoms with Gasteiger partial charge in [-0.2, -0.15) is 5.26 Å². The molecule has 8 heteroatoms. The van der Waals surface area contributed by atoms with Gasteiger partial charge in [0.05, 0.1) is 17.2 Å². The van der Waals surface area contributed by atoms with Crippen LogP contribution in [-0.4, -0.2) is 12.1 Å². The second-order valence-electron chi connectivity index (χ2n) is 11.4. The zero-order chi connectivity index (χ0) is 29.9. The standard InChI is InChI=1S/C34H31BrClN3O2S/c1-34(2,3)24-8-14-28-30(17-24)42-33(31(28)32(40)39-27-12-10-26(36)11-13-27)38-19-23-16-25(35)9-15-29(23)41-20-22-7-5-4-6-21(22)18-37/h4-7,9-13,15-16,19,24H,8,14,17,20H2,1-3H3,(H,39,40)/t24-/m1/s1. The monoisotopic (exact) mass is 659 g/mol. The molecule has 0 saturated carbocycles. The second-order valence-corrected chi connectivity index (χ2v) is 13.9. The van der Waals surface area contributed by atoms with Gasteiger partial charge in [0.2, 0.25) is 0 Å². The number of benzene rings is 3. The average molecular weight is 661 g/mol. The number of hydrogen-bond donors (Lipinski definition) is 1. The normalized spacial score (nSPS) is 14.8. The molecule has 1 atom stereocenters. The Morgan fingerprint density at radius 3 is 2.69 bits per heavy atom. The summed E-state index contributed by atoms with van der Waals surface area (Å²) in [5.74, 6) is 1.00. The van der Waals surface area contributed by atoms with Crippen LogP contribution in [0.25, 0.3) is 0 Å². The lowest BCUT2D eigenvalue weighted by Gasteiger charge is -2.33. The molecule has 0 bridgehead atoms. The number of carbonyl (C=O) groups is 1. The summed E-state index contributed by atoms with van der Waals surface area (Å²) in [5.41, 5.74) is 4.76. The fraction of sp³-hybridized carbons (Fsp3) is 0.265. The lowest BCUT2D eigenvalue weighted by atomic mass is 9.72. The minimum atomic E-state index is -0.171. The van der Waals surface area contributed by atoms with Gasteiger partial charge >= 0.3 is 0 Å². The fourth-order valence-electron chi connectivity index (χ4n) is 5.15. The third-order valence-corrected chi connectivity index (χ3v) is 9.52. The van der Waals surface area contributed by atoms with Crippen LogP contribution in [0.2, 0.25) is 5.02 Å². The highest BCUT2D eigenvalue weighted by Crippen LogP contribution is 2.45. The highest BCUT2D eigenvalue weighted by atomic mass is 79.9. The Kier molecular flexibility index (Phi) is 9.17. The summed E-state index contributed by atoms with van der Waals surface area (Å²) in [6.07, 6.45) is 4.57. The van der Waals surface area contributed by atoms with E-state index < -0.39 is 0 Å². The Morgan fingerprint density at radius 2 is 1.95 bits per heavy atom. The highest BCUT2D eigenvalue weighted by molar-refractivity contribution is 9.10. The van der Waals surface area contributed by atoms with Gasteiger partial charge in [-0.15, -0.1) is 11.3 Å². The number of carbonyl (C=O) groups excluding carboxylic acids is 1. The minimum Gasteiger partial charge on any atom is -0.488 e. The molecule has 1 amide bonds. The molecule has 214 valence electrons. The van der Waals surface area contributed by atoms with Gasteiger partial charge in [-0.3, -0.25) is 4.79 Å². The van der Waals surface area contributed by atoms with Crippen molar-refractivity contribution in [2.45, 2.75) is 46.6 Å². The van der Waals surface area contributed by atoms with Crippen LogP contribution in [0.15, 0.2) is 76.2 Å². The van der Waals surface area contributed by atoms with Crippen LogP contribution in [0.5, 0.6) is 5.75 Å². The molecular weight excluding hydrogens is 630 g/mol. The van der Waals surface area contributed by atoms with Gasteiger partial charge in [-0.05, 0) is 84.7 Å². The van der Waals surface area contributed by atoms with Crippen molar-refractivity contribution in [1.29, 1.82) is 5.26 Å². The first-order valence-electron chi connectivity index (χ1n) is 13.8. The first-order valence-corrected chi connectivity index (χ1v) is 15.8. The first kappa shape index (κ1) is 30.0. The molecular formula is C34H31BrClN3O2S. The maximum Gasteiger partial charge on any atom is 0.259 e. The molecule has 5 rings (SSSR count). The lowest BCUT2D eigenvalue weighted by Crippen LogP contribution is -2.27. The predicted molar refractivity (Wildman–Crippen MR) is 176 cm³/mol. The molecule has 1 aliphatic carbocycles. The zero-order valence-corrected chi connectivity index (χ0v) is 26.9. The van der Waals surface area contributed by atoms with Gasteiger partial charge in [0.25, 0.3) is 5.91 Å². The summed E-state index contributed by atoms with van der Waals surface area (Å²) in [6, 6.07) is 22.5. The van der Waals surface area contributed by atoms with Crippen LogP contribution >= 0.6 is 38.9 Å². The zero-order valence-electron chi connectivity index (χ0n) is 23.7. The number of ether oxygens (including phenoxy) is 1. The van der Waals surface area contributed by atoms with Crippen molar-refractivity contribution in [3.05, 3.63) is 109 Å². The van der Waals surface area contributed by atoms with Gasteiger partial charge in [0, 0.05) is 37.4 Å². The number of nitrogens with one attached hydrogen (secondary N) is 1. The molecule has 1 heterocycles. The summed E-state index contributed by atoms with van der Waals surface area (Å²) in [5, 5.41) is 13.8. The number of amides is 1. The van der Waals surface area contributed by atoms with Crippen molar-refractivity contribution >= 4 is 61.7 Å². The number of nitriles is 1. The molecule has 1 aromatic heterocycles. The third-order valence-electron chi connectivity index (χ3n) is 7.61. The summed E-state index contributed by atoms with van der Waals surface area (Å²) in [4.78, 5) is 19.8. The molecule has 0 spiro atoms. The topological polar surface area (TPSA) is 74.5 Å². The van der Waals surface area contributed by atoms with E-state index in [-0.39, 0.29) is 17.9 Å². The molecule has 0 unspecified atom stereocenters. The number of fused-ring (bicyclic) bond motifs is 1. The van der Waals surface area contributed by atoms with Gasteiger partial charge in [0.15, 0.2) is 0 Å². The Hall–Kier alpha value is -3.44. The number of nitrogens with zero attached hydrogens (tertiary/aromatic N) is 2. The van der Waals surface area contributed by atoms with Crippen molar-refractivity contribution in [3.8, 4) is 11.8 Å². The Balaban J connectivity index is 1.48. The quantitative estimate of drug-likeness (QED) is 0.201. The maximum atomic E-state index is 13.7. The SMILES string of the molecule is CC(C)(C)[C@@H]1CCc2c(sc(N=Cc3cc(Br)ccc3OCc3ccccc3C#N)c2C(=O)Nc2ccc(Cl)cc2)C1. The molecule has 0 aliphatic heterocycles. The number of thiophene rings is 1. The highest BCUT2D eigenvalue weighted by Gasteiger charge is 2.33. The van der Waals surface area contributed by atoms with Gasteiger partial charge in [-0.1, -0.05) is 66.5 Å². The minimum absolute atomic E-state index is 0.171. The van der Waals surface area contributed by atoms with E-state index >= 15 is 0 Å². The molecule has 1 aliphatic rings. The van der Waals surface area contributed by atoms with E-state index in [1.807, 2.05) is 36.4 Å². The molecule has 3 aromatic carbocycles. The van der Waals surface area contributed by atoms with Crippen LogP contribution in [0.3, 0.4) is 0 Å². The average Bonchev–Trinajstić information content (AvgIpc) is 3.34. The maximum absolute atomic E-state index is 13.7. The van der Waals surface area contributed by atoms with Gasteiger partial charge < -0.3 is 10.1 Å². The summed E-state index contributed by atoms with van der Waals surface area (Å²) < 4.78 is 7.04. The van der Waals surface area contributed by atoms with E-state index in [9.17, 15) is 10.1 Å². The van der Waals surface area contributed by atoms with E-state index in [0.29, 0.717) is 38.5 Å². The number of anilines is 1. The molecule has 0 radical (unpaired) electrons.